The lowest BCUT2D eigenvalue weighted by molar-refractivity contribution is 0.0373. The fourth-order valence-corrected chi connectivity index (χ4v) is 5.45. The minimum atomic E-state index is -3.88. The number of fused-ring (bicyclic) bond motifs is 1. The number of likely N-dealkylation sites (N-methyl/N-ethyl adjacent to an activating group) is 1. The molecule has 1 N–H and O–H groups in total. The molecule has 0 saturated carbocycles. The molecule has 3 aromatic rings. The Morgan fingerprint density at radius 1 is 1.27 bits per heavy atom. The van der Waals surface area contributed by atoms with Crippen molar-refractivity contribution in [1.29, 1.82) is 0 Å². The second-order valence-corrected chi connectivity index (χ2v) is 11.8. The second kappa shape index (κ2) is 12.1. The number of carbonyl (C=O) groups excluding carboxylic acids is 1. The zero-order valence-electron chi connectivity index (χ0n) is 23.1. The molecule has 212 valence electrons. The SMILES string of the molecule is COc1ccccc1C#Cc1cnc2c(c1)C(=O)N([C@@H](C)CO)C[C@@H](C)[C@H](CN(C)S(=O)(=O)c1cn(C)cn1)O2. The van der Waals surface area contributed by atoms with E-state index < -0.39 is 22.2 Å². The highest BCUT2D eigenvalue weighted by atomic mass is 32.2. The van der Waals surface area contributed by atoms with Crippen molar-refractivity contribution in [2.75, 3.05) is 33.9 Å². The first-order chi connectivity index (χ1) is 19.0. The van der Waals surface area contributed by atoms with E-state index in [0.717, 1.165) is 0 Å². The Bertz CT molecular complexity index is 1540. The number of benzene rings is 1. The predicted octanol–water partition coefficient (Wildman–Crippen LogP) is 1.76. The van der Waals surface area contributed by atoms with Gasteiger partial charge in [-0.25, -0.2) is 18.4 Å². The van der Waals surface area contributed by atoms with Gasteiger partial charge in [-0.15, -0.1) is 0 Å². The average molecular weight is 568 g/mol. The molecule has 40 heavy (non-hydrogen) atoms. The van der Waals surface area contributed by atoms with Crippen LogP contribution in [0.1, 0.15) is 35.3 Å². The molecule has 0 fully saturated rings. The number of ether oxygens (including phenoxy) is 2. The molecule has 11 nitrogen and oxygen atoms in total. The Morgan fingerprint density at radius 3 is 2.70 bits per heavy atom. The number of carbonyl (C=O) groups is 1. The normalized spacial score (nSPS) is 18.2. The highest BCUT2D eigenvalue weighted by Gasteiger charge is 2.36. The lowest BCUT2D eigenvalue weighted by Crippen LogP contribution is -2.50. The van der Waals surface area contributed by atoms with Crippen LogP contribution in [0.15, 0.2) is 54.1 Å². The number of sulfonamides is 1. The summed E-state index contributed by atoms with van der Waals surface area (Å²) in [6, 6.07) is 8.45. The van der Waals surface area contributed by atoms with Crippen molar-refractivity contribution in [2.45, 2.75) is 31.0 Å². The summed E-state index contributed by atoms with van der Waals surface area (Å²) in [5.74, 6) is 6.12. The molecule has 1 aromatic carbocycles. The maximum atomic E-state index is 13.6. The molecule has 0 radical (unpaired) electrons. The van der Waals surface area contributed by atoms with Crippen molar-refractivity contribution in [2.24, 2.45) is 13.0 Å². The summed E-state index contributed by atoms with van der Waals surface area (Å²) >= 11 is 0. The predicted molar refractivity (Wildman–Crippen MR) is 147 cm³/mol. The van der Waals surface area contributed by atoms with E-state index in [1.807, 2.05) is 25.1 Å². The highest BCUT2D eigenvalue weighted by molar-refractivity contribution is 7.89. The molecule has 4 rings (SSSR count). The third kappa shape index (κ3) is 6.12. The number of para-hydroxylation sites is 1. The van der Waals surface area contributed by atoms with Crippen LogP contribution in [0, 0.1) is 17.8 Å². The number of nitrogens with zero attached hydrogens (tertiary/aromatic N) is 5. The van der Waals surface area contributed by atoms with Crippen molar-refractivity contribution in [3.05, 3.63) is 65.7 Å². The molecule has 0 aliphatic carbocycles. The number of aryl methyl sites for hydroxylation is 1. The monoisotopic (exact) mass is 567 g/mol. The molecule has 1 amide bonds. The van der Waals surface area contributed by atoms with Crippen LogP contribution in [0.4, 0.5) is 0 Å². The number of hydrogen-bond donors (Lipinski definition) is 1. The first-order valence-electron chi connectivity index (χ1n) is 12.7. The zero-order valence-corrected chi connectivity index (χ0v) is 23.9. The average Bonchev–Trinajstić information content (AvgIpc) is 3.40. The summed E-state index contributed by atoms with van der Waals surface area (Å²) in [5.41, 5.74) is 1.35. The van der Waals surface area contributed by atoms with Crippen molar-refractivity contribution >= 4 is 15.9 Å². The first-order valence-corrected chi connectivity index (χ1v) is 14.2. The van der Waals surface area contributed by atoms with Gasteiger partial charge in [-0.3, -0.25) is 4.79 Å². The van der Waals surface area contributed by atoms with Gasteiger partial charge in [-0.05, 0) is 25.1 Å². The molecule has 3 heterocycles. The van der Waals surface area contributed by atoms with Crippen LogP contribution >= 0.6 is 0 Å². The van der Waals surface area contributed by atoms with Crippen molar-refractivity contribution in [3.63, 3.8) is 0 Å². The van der Waals surface area contributed by atoms with Gasteiger partial charge in [0.15, 0.2) is 5.03 Å². The Hall–Kier alpha value is -3.92. The molecule has 0 spiro atoms. The van der Waals surface area contributed by atoms with Crippen molar-refractivity contribution in [1.82, 2.24) is 23.7 Å². The highest BCUT2D eigenvalue weighted by Crippen LogP contribution is 2.28. The topological polar surface area (TPSA) is 127 Å². The number of hydrogen-bond acceptors (Lipinski definition) is 8. The minimum absolute atomic E-state index is 0.00785. The van der Waals surface area contributed by atoms with Crippen LogP contribution in [0.2, 0.25) is 0 Å². The van der Waals surface area contributed by atoms with Crippen LogP contribution in [0.5, 0.6) is 11.6 Å². The summed E-state index contributed by atoms with van der Waals surface area (Å²) in [4.78, 5) is 23.6. The maximum absolute atomic E-state index is 13.6. The van der Waals surface area contributed by atoms with Gasteiger partial charge in [0.1, 0.15) is 17.4 Å². The summed E-state index contributed by atoms with van der Waals surface area (Å²) in [5, 5.41) is 9.82. The Kier molecular flexibility index (Phi) is 8.78. The standard InChI is InChI=1S/C28H33N5O6S/c1-19-14-33(20(2)17-34)28(35)23-12-21(10-11-22-8-6-7-9-24(22)38-5)13-29-27(23)39-25(19)15-32(4)40(36,37)26-16-31(3)18-30-26/h6-9,12-13,16,18-20,25,34H,14-15,17H2,1-5H3/t19-,20+,25+/m1/s1. The Labute approximate surface area is 234 Å². The molecule has 3 atom stereocenters. The third-order valence-electron chi connectivity index (χ3n) is 6.76. The van der Waals surface area contributed by atoms with E-state index in [1.165, 1.54) is 30.1 Å². The Balaban J connectivity index is 1.69. The van der Waals surface area contributed by atoms with E-state index in [1.54, 1.807) is 42.7 Å². The number of aromatic nitrogens is 3. The molecule has 0 unspecified atom stereocenters. The molecule has 0 saturated heterocycles. The van der Waals surface area contributed by atoms with Gasteiger partial charge in [0.05, 0.1) is 38.2 Å². The van der Waals surface area contributed by atoms with Crippen LogP contribution in [0.25, 0.3) is 0 Å². The summed E-state index contributed by atoms with van der Waals surface area (Å²) < 4.78 is 40.6. The van der Waals surface area contributed by atoms with Crippen LogP contribution in [0.3, 0.4) is 0 Å². The molecule has 1 aliphatic rings. The van der Waals surface area contributed by atoms with Gasteiger partial charge < -0.3 is 24.0 Å². The number of aliphatic hydroxyl groups excluding tert-OH is 1. The number of rotatable bonds is 7. The van der Waals surface area contributed by atoms with E-state index in [-0.39, 0.29) is 48.0 Å². The quantitative estimate of drug-likeness (QED) is 0.428. The van der Waals surface area contributed by atoms with Gasteiger partial charge in [0.2, 0.25) is 5.88 Å². The van der Waals surface area contributed by atoms with Gasteiger partial charge in [-0.1, -0.05) is 30.9 Å². The minimum Gasteiger partial charge on any atom is -0.495 e. The number of aliphatic hydroxyl groups is 1. The molecular weight excluding hydrogens is 534 g/mol. The van der Waals surface area contributed by atoms with Crippen LogP contribution in [-0.4, -0.2) is 89.2 Å². The zero-order chi connectivity index (χ0) is 29.0. The largest absolute Gasteiger partial charge is 0.495 e. The number of methoxy groups -OCH3 is 1. The number of pyridine rings is 1. The summed E-state index contributed by atoms with van der Waals surface area (Å²) in [7, 11) is 0.841. The van der Waals surface area contributed by atoms with Gasteiger partial charge >= 0.3 is 0 Å². The third-order valence-corrected chi connectivity index (χ3v) is 8.47. The van der Waals surface area contributed by atoms with Crippen molar-refractivity contribution < 1.29 is 27.8 Å². The maximum Gasteiger partial charge on any atom is 0.261 e. The number of amides is 1. The van der Waals surface area contributed by atoms with E-state index in [4.69, 9.17) is 9.47 Å². The lowest BCUT2D eigenvalue weighted by atomic mass is 10.0. The molecule has 0 bridgehead atoms. The summed E-state index contributed by atoms with van der Waals surface area (Å²) in [6.07, 6.45) is 3.71. The molecule has 12 heteroatoms. The first kappa shape index (κ1) is 29.1. The van der Waals surface area contributed by atoms with Crippen LogP contribution in [-0.2, 0) is 17.1 Å². The molecular formula is C28H33N5O6S. The van der Waals surface area contributed by atoms with Gasteiger partial charge in [0.25, 0.3) is 15.9 Å². The second-order valence-electron chi connectivity index (χ2n) is 9.81. The number of imidazole rings is 1. The van der Waals surface area contributed by atoms with Gasteiger partial charge in [-0.2, -0.15) is 4.31 Å². The molecule has 1 aliphatic heterocycles. The van der Waals surface area contributed by atoms with E-state index in [2.05, 4.69) is 21.8 Å². The molecule has 2 aromatic heterocycles. The van der Waals surface area contributed by atoms with Gasteiger partial charge in [0, 0.05) is 44.5 Å². The summed E-state index contributed by atoms with van der Waals surface area (Å²) in [6.45, 7) is 3.60. The smallest absolute Gasteiger partial charge is 0.261 e. The fraction of sp³-hybridized carbons (Fsp3) is 0.393. The Morgan fingerprint density at radius 2 is 2.02 bits per heavy atom. The van der Waals surface area contributed by atoms with Crippen LogP contribution < -0.4 is 9.47 Å². The van der Waals surface area contributed by atoms with Crippen molar-refractivity contribution in [3.8, 4) is 23.5 Å². The van der Waals surface area contributed by atoms with E-state index in [0.29, 0.717) is 16.9 Å². The van der Waals surface area contributed by atoms with E-state index in [9.17, 15) is 18.3 Å². The van der Waals surface area contributed by atoms with E-state index >= 15 is 0 Å². The lowest BCUT2D eigenvalue weighted by Gasteiger charge is -2.37. The fourth-order valence-electron chi connectivity index (χ4n) is 4.31.